The van der Waals surface area contributed by atoms with Crippen LogP contribution in [-0.4, -0.2) is 20.9 Å². The summed E-state index contributed by atoms with van der Waals surface area (Å²) in [6.45, 7) is 0. The van der Waals surface area contributed by atoms with Gasteiger partial charge < -0.3 is 10.2 Å². The van der Waals surface area contributed by atoms with Crippen molar-refractivity contribution in [3.8, 4) is 22.6 Å². The Hall–Kier alpha value is -3.32. The molecule has 4 rings (SSSR count). The molecule has 6 nitrogen and oxygen atoms in total. The van der Waals surface area contributed by atoms with Crippen molar-refractivity contribution in [3.05, 3.63) is 75.8 Å². The van der Waals surface area contributed by atoms with Gasteiger partial charge in [0.25, 0.3) is 5.69 Å². The minimum Gasteiger partial charge on any atom is -0.508 e. The normalized spacial score (nSPS) is 12.8. The molecule has 3 aromatic rings. The van der Waals surface area contributed by atoms with E-state index in [2.05, 4.69) is 0 Å². The fraction of sp³-hybridized carbons (Fsp3) is 0.0500. The van der Waals surface area contributed by atoms with Crippen LogP contribution in [0.5, 0.6) is 11.5 Å². The molecule has 3 aromatic carbocycles. The van der Waals surface area contributed by atoms with Gasteiger partial charge in [-0.15, -0.1) is 0 Å². The molecule has 27 heavy (non-hydrogen) atoms. The Balaban J connectivity index is 1.78. The first-order chi connectivity index (χ1) is 12.9. The van der Waals surface area contributed by atoms with Crippen molar-refractivity contribution in [1.29, 1.82) is 0 Å². The lowest BCUT2D eigenvalue weighted by molar-refractivity contribution is -0.384. The zero-order valence-electron chi connectivity index (χ0n) is 13.9. The van der Waals surface area contributed by atoms with Gasteiger partial charge in [0.1, 0.15) is 11.5 Å². The standard InChI is InChI=1S/C20H13NO5S/c22-15-9-17(24)20-16(23)8-13-6-12(4-5-18(13)27-19(20)10-15)11-2-1-3-14(7-11)21(25)26/h1-7,9-10,22,24H,8H2. The number of aromatic hydroxyl groups is 2. The fourth-order valence-corrected chi connectivity index (χ4v) is 4.26. The lowest BCUT2D eigenvalue weighted by atomic mass is 9.98. The van der Waals surface area contributed by atoms with Gasteiger partial charge in [0.05, 0.1) is 10.5 Å². The molecule has 0 aliphatic carbocycles. The number of benzene rings is 3. The van der Waals surface area contributed by atoms with Gasteiger partial charge in [-0.3, -0.25) is 14.9 Å². The number of non-ortho nitro benzene ring substituents is 1. The maximum absolute atomic E-state index is 12.6. The van der Waals surface area contributed by atoms with E-state index in [1.807, 2.05) is 18.2 Å². The number of ketones is 1. The van der Waals surface area contributed by atoms with Crippen LogP contribution in [0.4, 0.5) is 5.69 Å². The molecule has 0 atom stereocenters. The molecule has 0 saturated heterocycles. The molecule has 2 N–H and O–H groups in total. The number of hydrogen-bond donors (Lipinski definition) is 2. The second-order valence-corrected chi connectivity index (χ2v) is 7.25. The van der Waals surface area contributed by atoms with Gasteiger partial charge in [-0.1, -0.05) is 30.0 Å². The molecule has 0 saturated carbocycles. The number of phenolic OH excluding ortho intramolecular Hbond substituents is 2. The molecule has 0 fully saturated rings. The summed E-state index contributed by atoms with van der Waals surface area (Å²) < 4.78 is 0. The molecule has 0 spiro atoms. The molecule has 0 bridgehead atoms. The number of carbonyl (C=O) groups is 1. The van der Waals surface area contributed by atoms with Crippen molar-refractivity contribution in [2.75, 3.05) is 0 Å². The van der Waals surface area contributed by atoms with Gasteiger partial charge >= 0.3 is 0 Å². The Kier molecular flexibility index (Phi) is 4.08. The first-order valence-corrected chi connectivity index (χ1v) is 8.89. The second-order valence-electron chi connectivity index (χ2n) is 6.17. The summed E-state index contributed by atoms with van der Waals surface area (Å²) in [4.78, 5) is 24.5. The number of Topliss-reactive ketones (excluding diaryl/α,β-unsaturated/α-hetero) is 1. The molecule has 0 unspecified atom stereocenters. The lowest BCUT2D eigenvalue weighted by Crippen LogP contribution is -2.03. The highest BCUT2D eigenvalue weighted by molar-refractivity contribution is 7.99. The summed E-state index contributed by atoms with van der Waals surface area (Å²) in [5, 5.41) is 30.8. The van der Waals surface area contributed by atoms with E-state index in [4.69, 9.17) is 0 Å². The molecular weight excluding hydrogens is 366 g/mol. The van der Waals surface area contributed by atoms with Gasteiger partial charge in [-0.05, 0) is 34.9 Å². The maximum atomic E-state index is 12.6. The average Bonchev–Trinajstić information content (AvgIpc) is 2.76. The first kappa shape index (κ1) is 17.1. The van der Waals surface area contributed by atoms with E-state index in [1.54, 1.807) is 12.1 Å². The van der Waals surface area contributed by atoms with Gasteiger partial charge in [0, 0.05) is 34.4 Å². The van der Waals surface area contributed by atoms with Crippen molar-refractivity contribution in [3.63, 3.8) is 0 Å². The lowest BCUT2D eigenvalue weighted by Gasteiger charge is -2.09. The van der Waals surface area contributed by atoms with Crippen LogP contribution < -0.4 is 0 Å². The molecular formula is C20H13NO5S. The van der Waals surface area contributed by atoms with Crippen molar-refractivity contribution in [2.45, 2.75) is 16.2 Å². The van der Waals surface area contributed by atoms with E-state index in [0.717, 1.165) is 22.1 Å². The molecule has 0 aromatic heterocycles. The first-order valence-electron chi connectivity index (χ1n) is 8.07. The van der Waals surface area contributed by atoms with Gasteiger partial charge in [0.2, 0.25) is 0 Å². The van der Waals surface area contributed by atoms with E-state index < -0.39 is 4.92 Å². The van der Waals surface area contributed by atoms with Crippen LogP contribution in [0, 0.1) is 10.1 Å². The van der Waals surface area contributed by atoms with E-state index in [1.165, 1.54) is 30.0 Å². The zero-order valence-corrected chi connectivity index (χ0v) is 14.7. The number of carbonyl (C=O) groups excluding carboxylic acids is 1. The number of hydrogen-bond acceptors (Lipinski definition) is 6. The number of nitro groups is 1. The number of nitrogens with zero attached hydrogens (tertiary/aromatic N) is 1. The number of nitro benzene ring substituents is 1. The summed E-state index contributed by atoms with van der Waals surface area (Å²) in [6.07, 6.45) is 0.0937. The van der Waals surface area contributed by atoms with Crippen LogP contribution in [0.25, 0.3) is 11.1 Å². The van der Waals surface area contributed by atoms with E-state index in [9.17, 15) is 25.1 Å². The van der Waals surface area contributed by atoms with Crippen molar-refractivity contribution in [1.82, 2.24) is 0 Å². The molecule has 134 valence electrons. The molecule has 7 heteroatoms. The molecule has 0 amide bonds. The van der Waals surface area contributed by atoms with Crippen LogP contribution in [0.15, 0.2) is 64.4 Å². The Morgan fingerprint density at radius 2 is 1.74 bits per heavy atom. The van der Waals surface area contributed by atoms with E-state index >= 15 is 0 Å². The SMILES string of the molecule is O=C1Cc2cc(-c3cccc([N+](=O)[O-])c3)ccc2Sc2cc(O)cc(O)c21. The predicted octanol–water partition coefficient (Wildman–Crippen LogP) is 4.56. The third-order valence-electron chi connectivity index (χ3n) is 4.37. The third-order valence-corrected chi connectivity index (χ3v) is 5.53. The topological polar surface area (TPSA) is 101 Å². The third kappa shape index (κ3) is 3.13. The van der Waals surface area contributed by atoms with Gasteiger partial charge in [0.15, 0.2) is 5.78 Å². The highest BCUT2D eigenvalue weighted by Crippen LogP contribution is 2.43. The fourth-order valence-electron chi connectivity index (χ4n) is 3.12. The quantitative estimate of drug-likeness (QED) is 0.500. The summed E-state index contributed by atoms with van der Waals surface area (Å²) >= 11 is 1.30. The second kappa shape index (κ2) is 6.44. The number of rotatable bonds is 2. The summed E-state index contributed by atoms with van der Waals surface area (Å²) in [6, 6.07) is 14.4. The molecule has 1 aliphatic heterocycles. The summed E-state index contributed by atoms with van der Waals surface area (Å²) in [5.41, 5.74) is 2.42. The van der Waals surface area contributed by atoms with Crippen molar-refractivity contribution < 1.29 is 19.9 Å². The smallest absolute Gasteiger partial charge is 0.270 e. The van der Waals surface area contributed by atoms with Crippen LogP contribution >= 0.6 is 11.8 Å². The van der Waals surface area contributed by atoms with E-state index in [-0.39, 0.29) is 35.0 Å². The van der Waals surface area contributed by atoms with Crippen LogP contribution in [-0.2, 0) is 6.42 Å². The Bertz CT molecular complexity index is 1110. The molecule has 1 aliphatic rings. The van der Waals surface area contributed by atoms with Crippen LogP contribution in [0.1, 0.15) is 15.9 Å². The highest BCUT2D eigenvalue weighted by Gasteiger charge is 2.24. The van der Waals surface area contributed by atoms with Gasteiger partial charge in [-0.2, -0.15) is 0 Å². The minimum absolute atomic E-state index is 0.000645. The van der Waals surface area contributed by atoms with Crippen molar-refractivity contribution in [2.24, 2.45) is 0 Å². The molecule has 0 radical (unpaired) electrons. The van der Waals surface area contributed by atoms with Gasteiger partial charge in [-0.25, -0.2) is 0 Å². The Morgan fingerprint density at radius 3 is 2.52 bits per heavy atom. The summed E-state index contributed by atoms with van der Waals surface area (Å²) in [7, 11) is 0. The predicted molar refractivity (Wildman–Crippen MR) is 100 cm³/mol. The zero-order chi connectivity index (χ0) is 19.1. The van der Waals surface area contributed by atoms with Crippen molar-refractivity contribution >= 4 is 23.2 Å². The van der Waals surface area contributed by atoms with Crippen LogP contribution in [0.2, 0.25) is 0 Å². The molecule has 1 heterocycles. The Morgan fingerprint density at radius 1 is 0.963 bits per heavy atom. The summed E-state index contributed by atoms with van der Waals surface area (Å²) in [5.74, 6) is -0.595. The monoisotopic (exact) mass is 379 g/mol. The Labute approximate surface area is 158 Å². The largest absolute Gasteiger partial charge is 0.508 e. The number of phenols is 2. The number of fused-ring (bicyclic) bond motifs is 2. The maximum Gasteiger partial charge on any atom is 0.270 e. The highest BCUT2D eigenvalue weighted by atomic mass is 32.2. The van der Waals surface area contributed by atoms with Crippen LogP contribution in [0.3, 0.4) is 0 Å². The average molecular weight is 379 g/mol. The minimum atomic E-state index is -0.446. The van der Waals surface area contributed by atoms with E-state index in [0.29, 0.717) is 10.5 Å².